The number of carbonyl (C=O) groups is 3. The zero-order valence-electron chi connectivity index (χ0n) is 17.4. The average Bonchev–Trinajstić information content (AvgIpc) is 3.11. The van der Waals surface area contributed by atoms with E-state index in [-0.39, 0.29) is 18.0 Å². The van der Waals surface area contributed by atoms with E-state index in [4.69, 9.17) is 0 Å². The van der Waals surface area contributed by atoms with Crippen molar-refractivity contribution in [3.63, 3.8) is 0 Å². The number of aryl methyl sites for hydroxylation is 1. The molecule has 2 aromatic rings. The van der Waals surface area contributed by atoms with Crippen molar-refractivity contribution in [2.45, 2.75) is 46.2 Å². The Morgan fingerprint density at radius 3 is 2.40 bits per heavy atom. The van der Waals surface area contributed by atoms with Crippen LogP contribution in [0.2, 0.25) is 0 Å². The van der Waals surface area contributed by atoms with E-state index in [0.29, 0.717) is 11.1 Å². The maximum atomic E-state index is 13.0. The fourth-order valence-corrected chi connectivity index (χ4v) is 3.83. The molecule has 158 valence electrons. The predicted octanol–water partition coefficient (Wildman–Crippen LogP) is 3.07. The molecule has 0 radical (unpaired) electrons. The minimum Gasteiger partial charge on any atom is -0.348 e. The number of benzene rings is 1. The molecular weight excluding hydrogens is 388 g/mol. The summed E-state index contributed by atoms with van der Waals surface area (Å²) in [4.78, 5) is 49.6. The standard InChI is InChI=1S/C21H24N4O5/c1-5-10-23-13(2)11-17(14(23)3)18(26)12-24-19(27)21(4,22-20(24)28)15-6-8-16(9-7-15)25(29)30/h6-9,11H,5,10,12H2,1-4H3,(H,22,28)/t21-/m1/s1. The lowest BCUT2D eigenvalue weighted by molar-refractivity contribution is -0.384. The predicted molar refractivity (Wildman–Crippen MR) is 109 cm³/mol. The van der Waals surface area contributed by atoms with Crippen LogP contribution in [0.1, 0.15) is 47.6 Å². The molecule has 1 atom stereocenters. The summed E-state index contributed by atoms with van der Waals surface area (Å²) in [5, 5.41) is 13.5. The number of Topliss-reactive ketones (excluding diaryl/α,β-unsaturated/α-hetero) is 1. The van der Waals surface area contributed by atoms with Gasteiger partial charge in [-0.15, -0.1) is 0 Å². The molecule has 2 heterocycles. The van der Waals surface area contributed by atoms with Crippen molar-refractivity contribution in [3.05, 3.63) is 63.0 Å². The molecule has 1 aliphatic rings. The van der Waals surface area contributed by atoms with E-state index in [1.54, 1.807) is 6.07 Å². The van der Waals surface area contributed by atoms with Crippen LogP contribution in [0, 0.1) is 24.0 Å². The van der Waals surface area contributed by atoms with Gasteiger partial charge in [0.25, 0.3) is 11.6 Å². The van der Waals surface area contributed by atoms with Gasteiger partial charge in [0.1, 0.15) is 5.54 Å². The quantitative estimate of drug-likeness (QED) is 0.325. The van der Waals surface area contributed by atoms with Gasteiger partial charge in [0.05, 0.1) is 11.5 Å². The lowest BCUT2D eigenvalue weighted by Gasteiger charge is -2.22. The number of nitrogens with one attached hydrogen (secondary N) is 1. The number of hydrogen-bond acceptors (Lipinski definition) is 5. The Bertz CT molecular complexity index is 1040. The number of nitrogens with zero attached hydrogens (tertiary/aromatic N) is 3. The summed E-state index contributed by atoms with van der Waals surface area (Å²) < 4.78 is 2.04. The van der Waals surface area contributed by atoms with Crippen molar-refractivity contribution in [3.8, 4) is 0 Å². The van der Waals surface area contributed by atoms with Gasteiger partial charge >= 0.3 is 6.03 Å². The van der Waals surface area contributed by atoms with Crippen LogP contribution in [-0.2, 0) is 16.9 Å². The molecule has 0 saturated carbocycles. The first-order valence-corrected chi connectivity index (χ1v) is 9.69. The highest BCUT2D eigenvalue weighted by atomic mass is 16.6. The number of non-ortho nitro benzene ring substituents is 1. The molecule has 1 fully saturated rings. The molecule has 1 N–H and O–H groups in total. The number of amides is 3. The van der Waals surface area contributed by atoms with E-state index >= 15 is 0 Å². The Labute approximate surface area is 173 Å². The molecule has 0 aliphatic carbocycles. The minimum atomic E-state index is -1.40. The van der Waals surface area contributed by atoms with E-state index in [0.717, 1.165) is 29.3 Å². The molecule has 30 heavy (non-hydrogen) atoms. The molecule has 3 amide bonds. The van der Waals surface area contributed by atoms with E-state index in [1.807, 2.05) is 25.3 Å². The van der Waals surface area contributed by atoms with Gasteiger partial charge in [0.15, 0.2) is 5.78 Å². The molecule has 0 unspecified atom stereocenters. The van der Waals surface area contributed by atoms with Crippen molar-refractivity contribution < 1.29 is 19.3 Å². The molecule has 1 aromatic heterocycles. The first-order chi connectivity index (χ1) is 14.1. The maximum Gasteiger partial charge on any atom is 0.325 e. The molecule has 0 spiro atoms. The van der Waals surface area contributed by atoms with Crippen LogP contribution in [0.25, 0.3) is 0 Å². The van der Waals surface area contributed by atoms with Gasteiger partial charge < -0.3 is 9.88 Å². The number of carbonyl (C=O) groups excluding carboxylic acids is 3. The van der Waals surface area contributed by atoms with Gasteiger partial charge in [-0.25, -0.2) is 4.79 Å². The van der Waals surface area contributed by atoms with E-state index in [2.05, 4.69) is 5.32 Å². The third-order valence-corrected chi connectivity index (χ3v) is 5.55. The Hall–Kier alpha value is -3.49. The van der Waals surface area contributed by atoms with Crippen molar-refractivity contribution in [1.29, 1.82) is 0 Å². The summed E-state index contributed by atoms with van der Waals surface area (Å²) in [6, 6.07) is 6.52. The van der Waals surface area contributed by atoms with E-state index < -0.39 is 22.4 Å². The van der Waals surface area contributed by atoms with Crippen LogP contribution in [0.15, 0.2) is 30.3 Å². The van der Waals surface area contributed by atoms with Crippen LogP contribution in [0.5, 0.6) is 0 Å². The third kappa shape index (κ3) is 3.47. The third-order valence-electron chi connectivity index (χ3n) is 5.55. The molecule has 1 saturated heterocycles. The molecular formula is C21H24N4O5. The fourth-order valence-electron chi connectivity index (χ4n) is 3.83. The second-order valence-corrected chi connectivity index (χ2v) is 7.61. The normalized spacial score (nSPS) is 18.6. The second kappa shape index (κ2) is 7.74. The molecule has 3 rings (SSSR count). The lowest BCUT2D eigenvalue weighted by atomic mass is 9.92. The second-order valence-electron chi connectivity index (χ2n) is 7.61. The van der Waals surface area contributed by atoms with Gasteiger partial charge in [-0.1, -0.05) is 6.92 Å². The van der Waals surface area contributed by atoms with E-state index in [1.165, 1.54) is 31.2 Å². The van der Waals surface area contributed by atoms with Gasteiger partial charge in [0, 0.05) is 35.6 Å². The van der Waals surface area contributed by atoms with Crippen LogP contribution in [0.3, 0.4) is 0 Å². The minimum absolute atomic E-state index is 0.117. The zero-order chi connectivity index (χ0) is 22.2. The number of hydrogen-bond donors (Lipinski definition) is 1. The average molecular weight is 412 g/mol. The summed E-state index contributed by atoms with van der Waals surface area (Å²) >= 11 is 0. The summed E-state index contributed by atoms with van der Waals surface area (Å²) in [7, 11) is 0. The van der Waals surface area contributed by atoms with Gasteiger partial charge in [-0.3, -0.25) is 24.6 Å². The first-order valence-electron chi connectivity index (χ1n) is 9.69. The number of aromatic nitrogens is 1. The van der Waals surface area contributed by atoms with Crippen LogP contribution >= 0.6 is 0 Å². The smallest absolute Gasteiger partial charge is 0.325 e. The Morgan fingerprint density at radius 2 is 1.83 bits per heavy atom. The topological polar surface area (TPSA) is 115 Å². The Balaban J connectivity index is 1.84. The number of nitro groups is 1. The van der Waals surface area contributed by atoms with Gasteiger partial charge in [-0.05, 0) is 51.0 Å². The van der Waals surface area contributed by atoms with Gasteiger partial charge in [-0.2, -0.15) is 0 Å². The molecule has 1 aromatic carbocycles. The SMILES string of the molecule is CCCn1c(C)cc(C(=O)CN2C(=O)N[C@](C)(c3ccc([N+](=O)[O-])cc3)C2=O)c1C. The maximum absolute atomic E-state index is 13.0. The fraction of sp³-hybridized carbons (Fsp3) is 0.381. The summed E-state index contributed by atoms with van der Waals surface area (Å²) in [6.07, 6.45) is 0.921. The monoisotopic (exact) mass is 412 g/mol. The lowest BCUT2D eigenvalue weighted by Crippen LogP contribution is -2.41. The van der Waals surface area contributed by atoms with E-state index in [9.17, 15) is 24.5 Å². The zero-order valence-corrected chi connectivity index (χ0v) is 17.4. The summed E-state index contributed by atoms with van der Waals surface area (Å²) in [6.45, 7) is 7.75. The Morgan fingerprint density at radius 1 is 1.20 bits per heavy atom. The number of nitro benzene ring substituents is 1. The number of rotatable bonds is 7. The molecule has 9 heteroatoms. The largest absolute Gasteiger partial charge is 0.348 e. The highest BCUT2D eigenvalue weighted by molar-refractivity contribution is 6.11. The molecule has 0 bridgehead atoms. The Kier molecular flexibility index (Phi) is 5.47. The highest BCUT2D eigenvalue weighted by Gasteiger charge is 2.49. The number of ketones is 1. The van der Waals surface area contributed by atoms with Crippen LogP contribution < -0.4 is 5.32 Å². The van der Waals surface area contributed by atoms with Crippen molar-refractivity contribution in [2.24, 2.45) is 0 Å². The number of imide groups is 1. The van der Waals surface area contributed by atoms with Crippen LogP contribution in [-0.4, -0.2) is 38.7 Å². The summed E-state index contributed by atoms with van der Waals surface area (Å²) in [5.41, 5.74) is 1.14. The van der Waals surface area contributed by atoms with Crippen molar-refractivity contribution in [2.75, 3.05) is 6.54 Å². The number of urea groups is 1. The van der Waals surface area contributed by atoms with Crippen molar-refractivity contribution >= 4 is 23.4 Å². The highest BCUT2D eigenvalue weighted by Crippen LogP contribution is 2.30. The van der Waals surface area contributed by atoms with Crippen molar-refractivity contribution in [1.82, 2.24) is 14.8 Å². The summed E-state index contributed by atoms with van der Waals surface area (Å²) in [5.74, 6) is -0.890. The molecule has 9 nitrogen and oxygen atoms in total. The molecule has 1 aliphatic heterocycles. The van der Waals surface area contributed by atoms with Crippen LogP contribution in [0.4, 0.5) is 10.5 Å². The first kappa shape index (κ1) is 21.2. The van der Waals surface area contributed by atoms with Gasteiger partial charge in [0.2, 0.25) is 0 Å².